The highest BCUT2D eigenvalue weighted by Crippen LogP contribution is 2.06. The van der Waals surface area contributed by atoms with Crippen LogP contribution in [-0.2, 0) is 17.8 Å². The molecule has 2 N–H and O–H groups in total. The van der Waals surface area contributed by atoms with Gasteiger partial charge in [0, 0.05) is 12.7 Å². The average Bonchev–Trinajstić information content (AvgIpc) is 2.47. The maximum Gasteiger partial charge on any atom is 0.239 e. The number of hydrogen-bond donors (Lipinski definition) is 1. The number of amides is 1. The van der Waals surface area contributed by atoms with Gasteiger partial charge in [-0.25, -0.2) is 0 Å². The summed E-state index contributed by atoms with van der Waals surface area (Å²) in [5.41, 5.74) is 8.91. The van der Waals surface area contributed by atoms with Crippen molar-refractivity contribution in [2.24, 2.45) is 5.73 Å². The summed E-state index contributed by atoms with van der Waals surface area (Å²) >= 11 is 0. The van der Waals surface area contributed by atoms with Gasteiger partial charge in [0.1, 0.15) is 0 Å². The number of rotatable bonds is 5. The Bertz CT molecular complexity index is 598. The number of hydrogen-bond acceptors (Lipinski definition) is 3. The second-order valence-corrected chi connectivity index (χ2v) is 5.26. The molecule has 0 fully saturated rings. The van der Waals surface area contributed by atoms with Crippen molar-refractivity contribution in [3.63, 3.8) is 0 Å². The summed E-state index contributed by atoms with van der Waals surface area (Å²) in [5, 5.41) is 0. The van der Waals surface area contributed by atoms with Gasteiger partial charge in [-0.1, -0.05) is 36.4 Å². The third-order valence-electron chi connectivity index (χ3n) is 3.34. The van der Waals surface area contributed by atoms with E-state index in [1.54, 1.807) is 11.9 Å². The lowest BCUT2D eigenvalue weighted by Crippen LogP contribution is -2.42. The largest absolute Gasteiger partial charge is 0.338 e. The van der Waals surface area contributed by atoms with Crippen LogP contribution in [0.15, 0.2) is 48.5 Å². The zero-order chi connectivity index (χ0) is 15.2. The first-order chi connectivity index (χ1) is 10.1. The summed E-state index contributed by atoms with van der Waals surface area (Å²) in [6, 6.07) is 15.1. The molecule has 0 unspecified atom stereocenters. The molecule has 0 spiro atoms. The highest BCUT2D eigenvalue weighted by molar-refractivity contribution is 5.81. The van der Waals surface area contributed by atoms with Gasteiger partial charge in [0.2, 0.25) is 5.91 Å². The quantitative estimate of drug-likeness (QED) is 0.912. The molecule has 0 bridgehead atoms. The van der Waals surface area contributed by atoms with Crippen LogP contribution in [0.1, 0.15) is 17.0 Å². The van der Waals surface area contributed by atoms with Crippen LogP contribution in [0.25, 0.3) is 0 Å². The molecule has 4 heteroatoms. The maximum atomic E-state index is 12.3. The Hall–Kier alpha value is -2.20. The van der Waals surface area contributed by atoms with E-state index in [-0.39, 0.29) is 5.91 Å². The fourth-order valence-corrected chi connectivity index (χ4v) is 2.25. The number of benzene rings is 1. The number of carbonyl (C=O) groups is 1. The second-order valence-electron chi connectivity index (χ2n) is 5.26. The van der Waals surface area contributed by atoms with E-state index in [1.165, 1.54) is 0 Å². The molecule has 0 aliphatic rings. The van der Waals surface area contributed by atoms with Crippen molar-refractivity contribution in [2.75, 3.05) is 7.05 Å². The van der Waals surface area contributed by atoms with E-state index in [0.717, 1.165) is 17.0 Å². The lowest BCUT2D eigenvalue weighted by atomic mass is 10.1. The van der Waals surface area contributed by atoms with E-state index in [4.69, 9.17) is 5.73 Å². The van der Waals surface area contributed by atoms with E-state index in [1.807, 2.05) is 55.5 Å². The predicted molar refractivity (Wildman–Crippen MR) is 83.6 cm³/mol. The van der Waals surface area contributed by atoms with Crippen LogP contribution >= 0.6 is 0 Å². The first kappa shape index (κ1) is 15.2. The van der Waals surface area contributed by atoms with Crippen LogP contribution in [0.3, 0.4) is 0 Å². The summed E-state index contributed by atoms with van der Waals surface area (Å²) < 4.78 is 0. The van der Waals surface area contributed by atoms with Crippen molar-refractivity contribution in [3.05, 3.63) is 65.5 Å². The molecular formula is C17H21N3O. The van der Waals surface area contributed by atoms with Crippen LogP contribution in [-0.4, -0.2) is 28.9 Å². The van der Waals surface area contributed by atoms with E-state index in [9.17, 15) is 4.79 Å². The molecule has 0 saturated carbocycles. The Balaban J connectivity index is 1.95. The second kappa shape index (κ2) is 6.99. The van der Waals surface area contributed by atoms with Crippen LogP contribution < -0.4 is 5.73 Å². The van der Waals surface area contributed by atoms with Gasteiger partial charge in [0.25, 0.3) is 0 Å². The Morgan fingerprint density at radius 3 is 2.57 bits per heavy atom. The lowest BCUT2D eigenvalue weighted by Gasteiger charge is -2.21. The normalized spacial score (nSPS) is 12.0. The van der Waals surface area contributed by atoms with Crippen molar-refractivity contribution < 1.29 is 4.79 Å². The zero-order valence-corrected chi connectivity index (χ0v) is 12.5. The smallest absolute Gasteiger partial charge is 0.239 e. The number of likely N-dealkylation sites (N-methyl/N-ethyl adjacent to an activating group) is 1. The summed E-state index contributed by atoms with van der Waals surface area (Å²) in [6.45, 7) is 2.41. The summed E-state index contributed by atoms with van der Waals surface area (Å²) in [7, 11) is 1.76. The maximum absolute atomic E-state index is 12.3. The van der Waals surface area contributed by atoms with E-state index in [0.29, 0.717) is 13.0 Å². The van der Waals surface area contributed by atoms with Crippen molar-refractivity contribution in [1.29, 1.82) is 0 Å². The molecule has 1 aromatic heterocycles. The van der Waals surface area contributed by atoms with Gasteiger partial charge in [-0.2, -0.15) is 0 Å². The average molecular weight is 283 g/mol. The van der Waals surface area contributed by atoms with Crippen LogP contribution in [0.2, 0.25) is 0 Å². The van der Waals surface area contributed by atoms with E-state index >= 15 is 0 Å². The van der Waals surface area contributed by atoms with Gasteiger partial charge < -0.3 is 10.6 Å². The summed E-state index contributed by atoms with van der Waals surface area (Å²) in [6.07, 6.45) is 0.547. The molecule has 0 aliphatic heterocycles. The molecule has 0 saturated heterocycles. The molecule has 1 atom stereocenters. The van der Waals surface area contributed by atoms with Crippen molar-refractivity contribution in [1.82, 2.24) is 9.88 Å². The minimum atomic E-state index is -0.526. The number of carbonyl (C=O) groups excluding carboxylic acids is 1. The van der Waals surface area contributed by atoms with Crippen LogP contribution in [0.4, 0.5) is 0 Å². The Labute approximate surface area is 125 Å². The molecule has 2 rings (SSSR count). The number of aryl methyl sites for hydroxylation is 1. The third-order valence-corrected chi connectivity index (χ3v) is 3.34. The molecule has 21 heavy (non-hydrogen) atoms. The highest BCUT2D eigenvalue weighted by Gasteiger charge is 2.18. The molecule has 1 heterocycles. The van der Waals surface area contributed by atoms with Gasteiger partial charge in [0.05, 0.1) is 18.3 Å². The number of pyridine rings is 1. The lowest BCUT2D eigenvalue weighted by molar-refractivity contribution is -0.131. The Morgan fingerprint density at radius 1 is 1.19 bits per heavy atom. The van der Waals surface area contributed by atoms with Crippen LogP contribution in [0.5, 0.6) is 0 Å². The van der Waals surface area contributed by atoms with Crippen molar-refractivity contribution in [2.45, 2.75) is 25.9 Å². The molecule has 0 aliphatic carbocycles. The zero-order valence-electron chi connectivity index (χ0n) is 12.5. The van der Waals surface area contributed by atoms with Crippen molar-refractivity contribution in [3.8, 4) is 0 Å². The molecule has 0 radical (unpaired) electrons. The highest BCUT2D eigenvalue weighted by atomic mass is 16.2. The standard InChI is InChI=1S/C17H21N3O/c1-13-7-6-10-15(19-13)12-20(2)17(21)16(18)11-14-8-4-3-5-9-14/h3-10,16H,11-12,18H2,1-2H3/t16-/m0/s1. The van der Waals surface area contributed by atoms with E-state index < -0.39 is 6.04 Å². The molecular weight excluding hydrogens is 262 g/mol. The first-order valence-corrected chi connectivity index (χ1v) is 7.03. The minimum Gasteiger partial charge on any atom is -0.338 e. The minimum absolute atomic E-state index is 0.0674. The fraction of sp³-hybridized carbons (Fsp3) is 0.294. The predicted octanol–water partition coefficient (Wildman–Crippen LogP) is 1.92. The summed E-state index contributed by atoms with van der Waals surface area (Å²) in [5.74, 6) is -0.0674. The fourth-order valence-electron chi connectivity index (χ4n) is 2.25. The molecule has 2 aromatic rings. The number of nitrogens with zero attached hydrogens (tertiary/aromatic N) is 2. The van der Waals surface area contributed by atoms with Crippen LogP contribution in [0, 0.1) is 6.92 Å². The van der Waals surface area contributed by atoms with Crippen molar-refractivity contribution >= 4 is 5.91 Å². The van der Waals surface area contributed by atoms with Gasteiger partial charge in [-0.15, -0.1) is 0 Å². The van der Waals surface area contributed by atoms with E-state index in [2.05, 4.69) is 4.98 Å². The first-order valence-electron chi connectivity index (χ1n) is 7.03. The summed E-state index contributed by atoms with van der Waals surface area (Å²) in [4.78, 5) is 18.3. The molecule has 1 amide bonds. The molecule has 4 nitrogen and oxygen atoms in total. The molecule has 1 aromatic carbocycles. The SMILES string of the molecule is Cc1cccc(CN(C)C(=O)[C@@H](N)Cc2ccccc2)n1. The monoisotopic (exact) mass is 283 g/mol. The van der Waals surface area contributed by atoms with Gasteiger partial charge in [0.15, 0.2) is 0 Å². The Kier molecular flexibility index (Phi) is 5.06. The Morgan fingerprint density at radius 2 is 1.90 bits per heavy atom. The van der Waals surface area contributed by atoms with Gasteiger partial charge in [-0.3, -0.25) is 9.78 Å². The van der Waals surface area contributed by atoms with Gasteiger partial charge in [-0.05, 0) is 31.0 Å². The topological polar surface area (TPSA) is 59.2 Å². The van der Waals surface area contributed by atoms with Gasteiger partial charge >= 0.3 is 0 Å². The molecule has 110 valence electrons. The third kappa shape index (κ3) is 4.39. The number of aromatic nitrogens is 1. The number of nitrogens with two attached hydrogens (primary N) is 1.